The van der Waals surface area contributed by atoms with E-state index in [2.05, 4.69) is 4.74 Å². The molecule has 0 saturated carbocycles. The van der Waals surface area contributed by atoms with Crippen molar-refractivity contribution < 1.29 is 14.3 Å². The molecule has 1 rings (SSSR count). The van der Waals surface area contributed by atoms with Gasteiger partial charge in [0.15, 0.2) is 0 Å². The van der Waals surface area contributed by atoms with E-state index in [1.165, 1.54) is 0 Å². The molecule has 0 saturated heterocycles. The zero-order valence-electron chi connectivity index (χ0n) is 4.39. The Labute approximate surface area is 56.2 Å². The van der Waals surface area contributed by atoms with Crippen LogP contribution in [0, 0.1) is 0 Å². The molecule has 0 aliphatic carbocycles. The van der Waals surface area contributed by atoms with E-state index in [4.69, 9.17) is 11.6 Å². The van der Waals surface area contributed by atoms with Crippen LogP contribution in [0.3, 0.4) is 0 Å². The first-order valence-electron chi connectivity index (χ1n) is 2.27. The van der Waals surface area contributed by atoms with E-state index < -0.39 is 11.2 Å². The normalized spacial score (nSPS) is 17.0. The van der Waals surface area contributed by atoms with Crippen molar-refractivity contribution in [3.05, 3.63) is 11.6 Å². The van der Waals surface area contributed by atoms with Gasteiger partial charge in [0.1, 0.15) is 6.61 Å². The van der Waals surface area contributed by atoms with Crippen LogP contribution in [0.15, 0.2) is 11.6 Å². The molecule has 1 aliphatic heterocycles. The van der Waals surface area contributed by atoms with E-state index in [9.17, 15) is 9.59 Å². The Kier molecular flexibility index (Phi) is 1.53. The van der Waals surface area contributed by atoms with Crippen LogP contribution in [0.1, 0.15) is 0 Å². The van der Waals surface area contributed by atoms with Gasteiger partial charge in [0.25, 0.3) is 5.24 Å². The number of rotatable bonds is 1. The number of cyclic esters (lactones) is 1. The molecule has 48 valence electrons. The molecule has 3 nitrogen and oxygen atoms in total. The van der Waals surface area contributed by atoms with Gasteiger partial charge in [-0.2, -0.15) is 0 Å². The summed E-state index contributed by atoms with van der Waals surface area (Å²) in [6.07, 6.45) is 1.09. The number of carbonyl (C=O) groups is 2. The number of hydrogen-bond donors (Lipinski definition) is 0. The predicted octanol–water partition coefficient (Wildman–Crippen LogP) is 0.235. The predicted molar refractivity (Wildman–Crippen MR) is 29.9 cm³/mol. The SMILES string of the molecule is O=C1C=C(C(=O)Cl)CO1. The summed E-state index contributed by atoms with van der Waals surface area (Å²) >= 11 is 5.01. The smallest absolute Gasteiger partial charge is 0.331 e. The number of esters is 1. The van der Waals surface area contributed by atoms with E-state index in [-0.39, 0.29) is 12.2 Å². The molecule has 9 heavy (non-hydrogen) atoms. The van der Waals surface area contributed by atoms with Crippen molar-refractivity contribution >= 4 is 22.8 Å². The average Bonchev–Trinajstić information content (AvgIpc) is 2.14. The van der Waals surface area contributed by atoms with Gasteiger partial charge in [0.05, 0.1) is 5.57 Å². The highest BCUT2D eigenvalue weighted by molar-refractivity contribution is 6.68. The second-order valence-corrected chi connectivity index (χ2v) is 1.89. The van der Waals surface area contributed by atoms with E-state index >= 15 is 0 Å². The molecule has 0 unspecified atom stereocenters. The molecule has 0 radical (unpaired) electrons. The molecule has 0 aromatic carbocycles. The maximum absolute atomic E-state index is 10.3. The lowest BCUT2D eigenvalue weighted by atomic mass is 10.3. The van der Waals surface area contributed by atoms with Crippen LogP contribution in [-0.4, -0.2) is 17.8 Å². The van der Waals surface area contributed by atoms with Crippen LogP contribution >= 0.6 is 11.6 Å². The summed E-state index contributed by atoms with van der Waals surface area (Å²) in [5.41, 5.74) is 0.224. The third-order valence-corrected chi connectivity index (χ3v) is 1.16. The zero-order valence-corrected chi connectivity index (χ0v) is 5.14. The molecular weight excluding hydrogens is 144 g/mol. The zero-order chi connectivity index (χ0) is 6.85. The van der Waals surface area contributed by atoms with Gasteiger partial charge >= 0.3 is 5.97 Å². The van der Waals surface area contributed by atoms with Crippen LogP contribution in [0.4, 0.5) is 0 Å². The van der Waals surface area contributed by atoms with Crippen molar-refractivity contribution in [1.82, 2.24) is 0 Å². The topological polar surface area (TPSA) is 43.4 Å². The highest BCUT2D eigenvalue weighted by Crippen LogP contribution is 2.08. The van der Waals surface area contributed by atoms with Gasteiger partial charge < -0.3 is 4.74 Å². The Balaban J connectivity index is 2.74. The van der Waals surface area contributed by atoms with Crippen LogP contribution in [0.5, 0.6) is 0 Å². The number of hydrogen-bond acceptors (Lipinski definition) is 3. The Morgan fingerprint density at radius 2 is 2.44 bits per heavy atom. The molecule has 0 aromatic rings. The number of halogens is 1. The summed E-state index contributed by atoms with van der Waals surface area (Å²) in [6, 6.07) is 0. The maximum atomic E-state index is 10.3. The van der Waals surface area contributed by atoms with E-state index in [0.29, 0.717) is 0 Å². The molecule has 0 aromatic heterocycles. The van der Waals surface area contributed by atoms with Gasteiger partial charge in [-0.15, -0.1) is 0 Å². The van der Waals surface area contributed by atoms with Crippen molar-refractivity contribution in [2.75, 3.05) is 6.61 Å². The van der Waals surface area contributed by atoms with E-state index in [1.54, 1.807) is 0 Å². The summed E-state index contributed by atoms with van der Waals surface area (Å²) < 4.78 is 4.39. The summed E-state index contributed by atoms with van der Waals surface area (Å²) in [6.45, 7) is 0.0150. The molecule has 0 N–H and O–H groups in total. The molecular formula is C5H3ClO3. The van der Waals surface area contributed by atoms with Gasteiger partial charge in [-0.3, -0.25) is 4.79 Å². The Hall–Kier alpha value is -0.830. The monoisotopic (exact) mass is 146 g/mol. The first kappa shape index (κ1) is 6.29. The fourth-order valence-corrected chi connectivity index (χ4v) is 0.597. The molecule has 0 fully saturated rings. The maximum Gasteiger partial charge on any atom is 0.331 e. The van der Waals surface area contributed by atoms with Gasteiger partial charge in [0, 0.05) is 6.08 Å². The fraction of sp³-hybridized carbons (Fsp3) is 0.200. The molecule has 0 atom stereocenters. The quantitative estimate of drug-likeness (QED) is 0.393. The minimum absolute atomic E-state index is 0.0150. The van der Waals surface area contributed by atoms with Gasteiger partial charge in [-0.05, 0) is 11.6 Å². The van der Waals surface area contributed by atoms with Crippen LogP contribution < -0.4 is 0 Å². The second-order valence-electron chi connectivity index (χ2n) is 1.55. The molecule has 0 bridgehead atoms. The lowest BCUT2D eigenvalue weighted by Gasteiger charge is -1.87. The Morgan fingerprint density at radius 3 is 2.67 bits per heavy atom. The second kappa shape index (κ2) is 2.19. The summed E-state index contributed by atoms with van der Waals surface area (Å²) in [5, 5.41) is -0.624. The van der Waals surface area contributed by atoms with Crippen molar-refractivity contribution in [1.29, 1.82) is 0 Å². The summed E-state index contributed by atoms with van der Waals surface area (Å²) in [5.74, 6) is -0.501. The summed E-state index contributed by atoms with van der Waals surface area (Å²) in [4.78, 5) is 20.5. The molecule has 1 heterocycles. The van der Waals surface area contributed by atoms with Crippen molar-refractivity contribution in [3.8, 4) is 0 Å². The first-order chi connectivity index (χ1) is 4.20. The van der Waals surface area contributed by atoms with Crippen LogP contribution in [0.2, 0.25) is 0 Å². The molecule has 4 heteroatoms. The van der Waals surface area contributed by atoms with Crippen LogP contribution in [0.25, 0.3) is 0 Å². The van der Waals surface area contributed by atoms with Crippen LogP contribution in [-0.2, 0) is 14.3 Å². The number of carbonyl (C=O) groups excluding carboxylic acids is 2. The highest BCUT2D eigenvalue weighted by atomic mass is 35.5. The summed E-state index contributed by atoms with van der Waals surface area (Å²) in [7, 11) is 0. The standard InChI is InChI=1S/C5H3ClO3/c6-5(8)3-1-4(7)9-2-3/h1H,2H2. The third-order valence-electron chi connectivity index (χ3n) is 0.914. The van der Waals surface area contributed by atoms with Gasteiger partial charge in [0.2, 0.25) is 0 Å². The minimum Gasteiger partial charge on any atom is -0.457 e. The van der Waals surface area contributed by atoms with E-state index in [0.717, 1.165) is 6.08 Å². The van der Waals surface area contributed by atoms with Gasteiger partial charge in [-0.25, -0.2) is 4.79 Å². The fourth-order valence-electron chi connectivity index (χ4n) is 0.488. The Bertz CT molecular complexity index is 194. The lowest BCUT2D eigenvalue weighted by Crippen LogP contribution is -1.95. The van der Waals surface area contributed by atoms with Gasteiger partial charge in [-0.1, -0.05) is 0 Å². The number of ether oxygens (including phenoxy) is 1. The Morgan fingerprint density at radius 1 is 1.78 bits per heavy atom. The molecule has 0 spiro atoms. The lowest BCUT2D eigenvalue weighted by molar-refractivity contribution is -0.134. The van der Waals surface area contributed by atoms with E-state index in [1.807, 2.05) is 0 Å². The van der Waals surface area contributed by atoms with Crippen molar-refractivity contribution in [2.45, 2.75) is 0 Å². The first-order valence-corrected chi connectivity index (χ1v) is 2.65. The third kappa shape index (κ3) is 1.29. The molecule has 1 aliphatic rings. The minimum atomic E-state index is -0.624. The van der Waals surface area contributed by atoms with Crippen molar-refractivity contribution in [3.63, 3.8) is 0 Å². The largest absolute Gasteiger partial charge is 0.457 e. The molecule has 0 amide bonds. The average molecular weight is 147 g/mol. The van der Waals surface area contributed by atoms with Crippen molar-refractivity contribution in [2.24, 2.45) is 0 Å². The highest BCUT2D eigenvalue weighted by Gasteiger charge is 2.17.